The van der Waals surface area contributed by atoms with Gasteiger partial charge in [0.05, 0.1) is 0 Å². The van der Waals surface area contributed by atoms with Crippen LogP contribution in [0.1, 0.15) is 22.9 Å². The van der Waals surface area contributed by atoms with E-state index in [0.29, 0.717) is 14.5 Å². The van der Waals surface area contributed by atoms with Crippen LogP contribution in [0.15, 0.2) is 16.5 Å². The molecule has 0 radical (unpaired) electrons. The molecular weight excluding hydrogens is 227 g/mol. The molecule has 0 fully saturated rings. The molecule has 2 aromatic rings. The van der Waals surface area contributed by atoms with Gasteiger partial charge in [-0.25, -0.2) is 0 Å². The molecule has 0 aliphatic carbocycles. The van der Waals surface area contributed by atoms with Crippen molar-refractivity contribution in [3.63, 3.8) is 0 Å². The normalized spacial score (nSPS) is 11.0. The van der Waals surface area contributed by atoms with Crippen LogP contribution in [0.4, 0.5) is 0 Å². The summed E-state index contributed by atoms with van der Waals surface area (Å²) in [4.78, 5) is 0. The van der Waals surface area contributed by atoms with Gasteiger partial charge in [-0.05, 0) is 0 Å². The fourth-order valence-corrected chi connectivity index (χ4v) is 3.77. The zero-order chi connectivity index (χ0) is 9.42. The molecule has 0 bridgehead atoms. The molecule has 0 unspecified atom stereocenters. The first-order valence-electron chi connectivity index (χ1n) is 4.53. The number of rotatable bonds is 1. The van der Waals surface area contributed by atoms with Gasteiger partial charge >= 0.3 is 83.8 Å². The van der Waals surface area contributed by atoms with Crippen molar-refractivity contribution in [2.24, 2.45) is 0 Å². The summed E-state index contributed by atoms with van der Waals surface area (Å²) in [5.74, 6) is 2.21. The number of aryl methyl sites for hydroxylation is 3. The van der Waals surface area contributed by atoms with Gasteiger partial charge in [-0.15, -0.1) is 0 Å². The Morgan fingerprint density at radius 2 is 2.08 bits per heavy atom. The monoisotopic (exact) mass is 241 g/mol. The van der Waals surface area contributed by atoms with E-state index in [0.717, 1.165) is 12.2 Å². The Bertz CT molecular complexity index is 443. The zero-order valence-electron chi connectivity index (χ0n) is 8.18. The first-order valence-corrected chi connectivity index (χ1v) is 6.24. The van der Waals surface area contributed by atoms with E-state index in [-0.39, 0.29) is 0 Å². The van der Waals surface area contributed by atoms with E-state index >= 15 is 0 Å². The van der Waals surface area contributed by atoms with E-state index < -0.39 is 0 Å². The van der Waals surface area contributed by atoms with Crippen LogP contribution >= 0.6 is 0 Å². The minimum atomic E-state index is 0.512. The summed E-state index contributed by atoms with van der Waals surface area (Å²) in [6.45, 7) is 6.38. The SMILES string of the molecule is CCc1[o+]c(C)cc2cc(C)[se]c12. The number of hydrogen-bond donors (Lipinski definition) is 0. The predicted octanol–water partition coefficient (Wildman–Crippen LogP) is 2.95. The maximum absolute atomic E-state index is 5.70. The molecule has 0 N–H and O–H groups in total. The van der Waals surface area contributed by atoms with E-state index in [2.05, 4.69) is 26.0 Å². The van der Waals surface area contributed by atoms with Crippen molar-refractivity contribution in [1.29, 1.82) is 0 Å². The van der Waals surface area contributed by atoms with Gasteiger partial charge in [0, 0.05) is 0 Å². The summed E-state index contributed by atoms with van der Waals surface area (Å²) in [6.07, 6.45) is 1.01. The number of hydrogen-bond acceptors (Lipinski definition) is 0. The summed E-state index contributed by atoms with van der Waals surface area (Å²) in [6, 6.07) is 4.43. The van der Waals surface area contributed by atoms with Crippen molar-refractivity contribution >= 4 is 24.1 Å². The van der Waals surface area contributed by atoms with Crippen molar-refractivity contribution in [2.75, 3.05) is 0 Å². The zero-order valence-corrected chi connectivity index (χ0v) is 9.89. The van der Waals surface area contributed by atoms with Crippen LogP contribution in [0.3, 0.4) is 0 Å². The van der Waals surface area contributed by atoms with Gasteiger partial charge in [0.15, 0.2) is 0 Å². The van der Waals surface area contributed by atoms with Gasteiger partial charge in [0.2, 0.25) is 0 Å². The molecule has 0 aliphatic heterocycles. The maximum atomic E-state index is 5.70. The topological polar surface area (TPSA) is 11.3 Å². The Hall–Kier alpha value is -0.591. The Labute approximate surface area is 84.1 Å². The molecule has 0 saturated carbocycles. The first-order chi connectivity index (χ1) is 6.20. The van der Waals surface area contributed by atoms with Gasteiger partial charge in [0.25, 0.3) is 0 Å². The molecule has 0 atom stereocenters. The van der Waals surface area contributed by atoms with Gasteiger partial charge in [0.1, 0.15) is 0 Å². The molecule has 2 aromatic heterocycles. The molecule has 0 aliphatic rings. The summed E-state index contributed by atoms with van der Waals surface area (Å²) in [5, 5.41) is 1.39. The average molecular weight is 240 g/mol. The van der Waals surface area contributed by atoms with Crippen molar-refractivity contribution in [1.82, 2.24) is 0 Å². The van der Waals surface area contributed by atoms with Crippen LogP contribution < -0.4 is 0 Å². The van der Waals surface area contributed by atoms with E-state index in [1.165, 1.54) is 19.8 Å². The Balaban J connectivity index is 2.80. The van der Waals surface area contributed by atoms with Crippen LogP contribution in [0.25, 0.3) is 9.65 Å². The number of fused-ring (bicyclic) bond motifs is 1. The standard InChI is InChI=1S/C11H13OSe/c1-4-10-11-9(5-7(2)12-10)6-8(3)13-11/h5-6H,4H2,1-3H3/q+1. The van der Waals surface area contributed by atoms with E-state index in [9.17, 15) is 0 Å². The summed E-state index contributed by atoms with van der Waals surface area (Å²) in [7, 11) is 0. The van der Waals surface area contributed by atoms with Crippen LogP contribution in [-0.4, -0.2) is 14.5 Å². The van der Waals surface area contributed by atoms with Gasteiger partial charge in [-0.2, -0.15) is 0 Å². The third-order valence-electron chi connectivity index (χ3n) is 2.10. The first kappa shape index (κ1) is 8.98. The third-order valence-corrected chi connectivity index (χ3v) is 4.42. The molecule has 0 aromatic carbocycles. The second-order valence-electron chi connectivity index (χ2n) is 3.28. The molecule has 1 nitrogen and oxygen atoms in total. The molecular formula is C11H13OSe+. The van der Waals surface area contributed by atoms with Crippen LogP contribution in [0.2, 0.25) is 0 Å². The van der Waals surface area contributed by atoms with Crippen molar-refractivity contribution in [3.05, 3.63) is 28.1 Å². The van der Waals surface area contributed by atoms with Crippen LogP contribution in [0, 0.1) is 13.8 Å². The molecule has 2 heterocycles. The van der Waals surface area contributed by atoms with Crippen LogP contribution in [-0.2, 0) is 6.42 Å². The molecule has 13 heavy (non-hydrogen) atoms. The molecule has 68 valence electrons. The quantitative estimate of drug-likeness (QED) is 0.551. The predicted molar refractivity (Wildman–Crippen MR) is 56.4 cm³/mol. The molecule has 2 heteroatoms. The molecule has 2 rings (SSSR count). The Kier molecular flexibility index (Phi) is 2.27. The molecule has 0 amide bonds. The summed E-state index contributed by atoms with van der Waals surface area (Å²) >= 11 is 0.512. The third kappa shape index (κ3) is 1.56. The van der Waals surface area contributed by atoms with Crippen molar-refractivity contribution in [2.45, 2.75) is 27.2 Å². The molecule has 0 spiro atoms. The average Bonchev–Trinajstić information content (AvgIpc) is 2.43. The fourth-order valence-electron chi connectivity index (χ4n) is 1.58. The van der Waals surface area contributed by atoms with Gasteiger partial charge < -0.3 is 0 Å². The van der Waals surface area contributed by atoms with E-state index in [1.54, 1.807) is 0 Å². The Morgan fingerprint density at radius 1 is 1.31 bits per heavy atom. The second kappa shape index (κ2) is 3.28. The second-order valence-corrected chi connectivity index (χ2v) is 5.91. The van der Waals surface area contributed by atoms with Crippen LogP contribution in [0.5, 0.6) is 0 Å². The van der Waals surface area contributed by atoms with E-state index in [4.69, 9.17) is 4.42 Å². The fraction of sp³-hybridized carbons (Fsp3) is 0.364. The summed E-state index contributed by atoms with van der Waals surface area (Å²) in [5.41, 5.74) is 0. The van der Waals surface area contributed by atoms with E-state index in [1.807, 2.05) is 6.92 Å². The van der Waals surface area contributed by atoms with Gasteiger partial charge in [-0.3, -0.25) is 0 Å². The van der Waals surface area contributed by atoms with Crippen molar-refractivity contribution < 1.29 is 4.42 Å². The summed E-state index contributed by atoms with van der Waals surface area (Å²) < 4.78 is 8.65. The Morgan fingerprint density at radius 3 is 2.77 bits per heavy atom. The minimum absolute atomic E-state index is 0.512. The van der Waals surface area contributed by atoms with Gasteiger partial charge in [-0.1, -0.05) is 0 Å². The van der Waals surface area contributed by atoms with Crippen molar-refractivity contribution in [3.8, 4) is 0 Å². The molecule has 0 saturated heterocycles.